The third-order valence-electron chi connectivity index (χ3n) is 6.41. The van der Waals surface area contributed by atoms with E-state index in [4.69, 9.17) is 16.6 Å². The van der Waals surface area contributed by atoms with E-state index in [-0.39, 0.29) is 5.02 Å². The number of piperidine rings is 2. The quantitative estimate of drug-likeness (QED) is 0.600. The largest absolute Gasteiger partial charge is 0.341 e. The zero-order valence-electron chi connectivity index (χ0n) is 18.0. The Morgan fingerprint density at radius 1 is 1.03 bits per heavy atom. The van der Waals surface area contributed by atoms with Crippen LogP contribution < -0.4 is 10.2 Å². The highest BCUT2D eigenvalue weighted by molar-refractivity contribution is 6.31. The zero-order valence-corrected chi connectivity index (χ0v) is 18.7. The van der Waals surface area contributed by atoms with Crippen LogP contribution in [0, 0.1) is 11.7 Å². The molecule has 2 saturated heterocycles. The molecular formula is C23H27ClFN7. The molecule has 0 bridgehead atoms. The smallest absolute Gasteiger partial charge is 0.226 e. The molecule has 0 unspecified atom stereocenters. The van der Waals surface area contributed by atoms with Crippen LogP contribution in [0.3, 0.4) is 0 Å². The van der Waals surface area contributed by atoms with Crippen molar-refractivity contribution in [1.29, 1.82) is 0 Å². The molecule has 4 heterocycles. The molecule has 9 heteroatoms. The summed E-state index contributed by atoms with van der Waals surface area (Å²) >= 11 is 5.92. The van der Waals surface area contributed by atoms with Crippen molar-refractivity contribution >= 4 is 40.1 Å². The van der Waals surface area contributed by atoms with Gasteiger partial charge in [0.25, 0.3) is 0 Å². The van der Waals surface area contributed by atoms with E-state index in [1.54, 1.807) is 12.3 Å². The lowest BCUT2D eigenvalue weighted by atomic mass is 9.95. The number of aromatic nitrogens is 4. The SMILES string of the molecule is Fc1ccc(Nc2ncnc3cnc(N4CCC(CN5CCCCC5)CC4)nc23)cc1Cl. The Morgan fingerprint density at radius 2 is 1.84 bits per heavy atom. The van der Waals surface area contributed by atoms with Crippen molar-refractivity contribution in [3.05, 3.63) is 41.6 Å². The minimum atomic E-state index is -0.460. The van der Waals surface area contributed by atoms with Gasteiger partial charge in [-0.1, -0.05) is 18.0 Å². The van der Waals surface area contributed by atoms with Crippen LogP contribution in [-0.4, -0.2) is 57.6 Å². The van der Waals surface area contributed by atoms with E-state index in [1.165, 1.54) is 57.4 Å². The molecule has 168 valence electrons. The number of halogens is 2. The summed E-state index contributed by atoms with van der Waals surface area (Å²) in [6.07, 6.45) is 9.57. The van der Waals surface area contributed by atoms with Gasteiger partial charge in [0.2, 0.25) is 5.95 Å². The maximum absolute atomic E-state index is 13.5. The predicted octanol–water partition coefficient (Wildman–Crippen LogP) is 4.66. The summed E-state index contributed by atoms with van der Waals surface area (Å²) in [5, 5.41) is 3.23. The summed E-state index contributed by atoms with van der Waals surface area (Å²) in [6, 6.07) is 4.47. The van der Waals surface area contributed by atoms with Gasteiger partial charge in [-0.05, 0) is 62.9 Å². The van der Waals surface area contributed by atoms with Gasteiger partial charge in [-0.2, -0.15) is 0 Å². The Kier molecular flexibility index (Phi) is 6.32. The number of hydrogen-bond acceptors (Lipinski definition) is 7. The van der Waals surface area contributed by atoms with Gasteiger partial charge in [0.15, 0.2) is 5.82 Å². The topological polar surface area (TPSA) is 70.1 Å². The molecule has 0 aliphatic carbocycles. The molecule has 7 nitrogen and oxygen atoms in total. The molecule has 0 radical (unpaired) electrons. The van der Waals surface area contributed by atoms with E-state index in [9.17, 15) is 4.39 Å². The fourth-order valence-corrected chi connectivity index (χ4v) is 4.80. The van der Waals surface area contributed by atoms with Crippen molar-refractivity contribution in [2.45, 2.75) is 32.1 Å². The first-order valence-electron chi connectivity index (χ1n) is 11.3. The van der Waals surface area contributed by atoms with Crippen LogP contribution >= 0.6 is 11.6 Å². The molecule has 0 amide bonds. The average Bonchev–Trinajstić information content (AvgIpc) is 2.83. The van der Waals surface area contributed by atoms with Crippen LogP contribution in [0.2, 0.25) is 5.02 Å². The van der Waals surface area contributed by atoms with Crippen molar-refractivity contribution in [3.63, 3.8) is 0 Å². The van der Waals surface area contributed by atoms with Crippen LogP contribution in [0.1, 0.15) is 32.1 Å². The van der Waals surface area contributed by atoms with Crippen LogP contribution in [0.25, 0.3) is 11.0 Å². The fraction of sp³-hybridized carbons (Fsp3) is 0.478. The molecule has 2 aromatic heterocycles. The second kappa shape index (κ2) is 9.50. The molecule has 2 fully saturated rings. The normalized spacial score (nSPS) is 18.2. The standard InChI is InChI=1S/C23H27ClFN7/c24-18-12-17(4-5-19(18)25)29-22-21-20(27-15-28-22)13-26-23(30-21)32-10-6-16(7-11-32)14-31-8-2-1-3-9-31/h4-5,12-13,15-16H,1-3,6-11,14H2,(H,27,28,29). The fourth-order valence-electron chi connectivity index (χ4n) is 4.62. The summed E-state index contributed by atoms with van der Waals surface area (Å²) in [6.45, 7) is 5.63. The Balaban J connectivity index is 1.30. The number of benzene rings is 1. The van der Waals surface area contributed by atoms with Gasteiger partial charge < -0.3 is 15.1 Å². The van der Waals surface area contributed by atoms with Crippen molar-refractivity contribution in [1.82, 2.24) is 24.8 Å². The van der Waals surface area contributed by atoms with Crippen molar-refractivity contribution in [3.8, 4) is 0 Å². The number of nitrogens with zero attached hydrogens (tertiary/aromatic N) is 6. The molecule has 1 aromatic carbocycles. The van der Waals surface area contributed by atoms with Crippen molar-refractivity contribution in [2.75, 3.05) is 42.9 Å². The lowest BCUT2D eigenvalue weighted by Crippen LogP contribution is -2.40. The molecule has 0 spiro atoms. The number of nitrogens with one attached hydrogen (secondary N) is 1. The van der Waals surface area contributed by atoms with Gasteiger partial charge in [0.1, 0.15) is 23.2 Å². The zero-order chi connectivity index (χ0) is 21.9. The third kappa shape index (κ3) is 4.76. The third-order valence-corrected chi connectivity index (χ3v) is 6.70. The van der Waals surface area contributed by atoms with Crippen LogP contribution in [-0.2, 0) is 0 Å². The highest BCUT2D eigenvalue weighted by Gasteiger charge is 2.24. The average molecular weight is 456 g/mol. The predicted molar refractivity (Wildman–Crippen MR) is 125 cm³/mol. The van der Waals surface area contributed by atoms with Gasteiger partial charge in [-0.15, -0.1) is 0 Å². The van der Waals surface area contributed by atoms with Gasteiger partial charge in [0.05, 0.1) is 11.2 Å². The highest BCUT2D eigenvalue weighted by Crippen LogP contribution is 2.27. The Labute approximate surface area is 192 Å². The minimum absolute atomic E-state index is 0.0519. The maximum Gasteiger partial charge on any atom is 0.226 e. The first-order valence-corrected chi connectivity index (χ1v) is 11.7. The molecule has 2 aliphatic heterocycles. The highest BCUT2D eigenvalue weighted by atomic mass is 35.5. The number of hydrogen-bond donors (Lipinski definition) is 1. The first kappa shape index (κ1) is 21.3. The van der Waals surface area contributed by atoms with Crippen LogP contribution in [0.4, 0.5) is 21.8 Å². The van der Waals surface area contributed by atoms with E-state index in [0.29, 0.717) is 28.5 Å². The Bertz CT molecular complexity index is 1080. The molecular weight excluding hydrogens is 429 g/mol. The van der Waals surface area contributed by atoms with Gasteiger partial charge in [-0.3, -0.25) is 0 Å². The van der Waals surface area contributed by atoms with E-state index in [2.05, 4.69) is 30.1 Å². The van der Waals surface area contributed by atoms with E-state index >= 15 is 0 Å². The van der Waals surface area contributed by atoms with Crippen molar-refractivity contribution in [2.24, 2.45) is 5.92 Å². The van der Waals surface area contributed by atoms with Gasteiger partial charge >= 0.3 is 0 Å². The lowest BCUT2D eigenvalue weighted by molar-refractivity contribution is 0.181. The van der Waals surface area contributed by atoms with E-state index in [0.717, 1.165) is 31.8 Å². The van der Waals surface area contributed by atoms with E-state index < -0.39 is 5.82 Å². The molecule has 0 saturated carbocycles. The van der Waals surface area contributed by atoms with Gasteiger partial charge in [0, 0.05) is 25.3 Å². The number of rotatable bonds is 5. The monoisotopic (exact) mass is 455 g/mol. The van der Waals surface area contributed by atoms with Crippen LogP contribution in [0.5, 0.6) is 0 Å². The molecule has 3 aromatic rings. The second-order valence-corrected chi connectivity index (χ2v) is 9.08. The molecule has 32 heavy (non-hydrogen) atoms. The number of likely N-dealkylation sites (tertiary alicyclic amines) is 1. The summed E-state index contributed by atoms with van der Waals surface area (Å²) in [5.41, 5.74) is 1.92. The summed E-state index contributed by atoms with van der Waals surface area (Å²) < 4.78 is 13.5. The van der Waals surface area contributed by atoms with Gasteiger partial charge in [-0.25, -0.2) is 24.3 Å². The van der Waals surface area contributed by atoms with Crippen molar-refractivity contribution < 1.29 is 4.39 Å². The molecule has 2 aliphatic rings. The van der Waals surface area contributed by atoms with Crippen LogP contribution in [0.15, 0.2) is 30.7 Å². The van der Waals surface area contributed by atoms with E-state index in [1.807, 2.05) is 0 Å². The summed E-state index contributed by atoms with van der Waals surface area (Å²) in [4.78, 5) is 22.9. The number of anilines is 3. The Hall–Kier alpha value is -2.58. The summed E-state index contributed by atoms with van der Waals surface area (Å²) in [5.74, 6) is 1.52. The molecule has 0 atom stereocenters. The molecule has 1 N–H and O–H groups in total. The second-order valence-electron chi connectivity index (χ2n) is 8.67. The first-order chi connectivity index (χ1) is 15.7. The molecule has 5 rings (SSSR count). The number of fused-ring (bicyclic) bond motifs is 1. The minimum Gasteiger partial charge on any atom is -0.341 e. The summed E-state index contributed by atoms with van der Waals surface area (Å²) in [7, 11) is 0. The lowest BCUT2D eigenvalue weighted by Gasteiger charge is -2.36. The maximum atomic E-state index is 13.5. The Morgan fingerprint density at radius 3 is 2.62 bits per heavy atom.